The third-order valence-corrected chi connectivity index (χ3v) is 8.74. The van der Waals surface area contributed by atoms with Crippen LogP contribution in [0.2, 0.25) is 0 Å². The van der Waals surface area contributed by atoms with Crippen LogP contribution < -0.4 is 9.64 Å². The maximum atomic E-state index is 13.7. The summed E-state index contributed by atoms with van der Waals surface area (Å²) in [5, 5.41) is 18.6. The van der Waals surface area contributed by atoms with Crippen molar-refractivity contribution < 1.29 is 32.6 Å². The van der Waals surface area contributed by atoms with Gasteiger partial charge < -0.3 is 19.8 Å². The van der Waals surface area contributed by atoms with Crippen molar-refractivity contribution in [3.63, 3.8) is 0 Å². The van der Waals surface area contributed by atoms with Gasteiger partial charge >= 0.3 is 5.97 Å². The summed E-state index contributed by atoms with van der Waals surface area (Å²) in [6, 6.07) is 9.06. The van der Waals surface area contributed by atoms with Crippen molar-refractivity contribution >= 4 is 38.9 Å². The second-order valence-corrected chi connectivity index (χ2v) is 11.7. The molecule has 3 rings (SSSR count). The standard InChI is InChI=1S/C24H30FNO6S2/c1-4-5-10-24(2)14-26(17-8-6-16(25)7-9-17)18-11-21(33-3)20(32-13-19(27)23(28)29)12-22(18)34(30,31)15-24/h6-9,11-12,19,27H,4-5,10,13-15H2,1-3H3,(H,28,29)/t19-,24+/m0/s1. The Labute approximate surface area is 203 Å². The molecule has 0 saturated heterocycles. The molecule has 1 heterocycles. The van der Waals surface area contributed by atoms with Crippen LogP contribution in [0.3, 0.4) is 0 Å². The number of sulfone groups is 1. The van der Waals surface area contributed by atoms with Crippen LogP contribution in [0.25, 0.3) is 0 Å². The summed E-state index contributed by atoms with van der Waals surface area (Å²) in [5.41, 5.74) is 0.578. The first kappa shape index (κ1) is 26.3. The number of fused-ring (bicyclic) bond motifs is 1. The van der Waals surface area contributed by atoms with E-state index in [1.807, 2.05) is 11.8 Å². The van der Waals surface area contributed by atoms with Crippen LogP contribution in [0.5, 0.6) is 5.75 Å². The van der Waals surface area contributed by atoms with E-state index in [0.29, 0.717) is 29.2 Å². The molecule has 7 nitrogen and oxygen atoms in total. The number of carbonyl (C=O) groups is 1. The number of carboxylic acids is 1. The largest absolute Gasteiger partial charge is 0.489 e. The number of aliphatic carboxylic acids is 1. The van der Waals surface area contributed by atoms with Gasteiger partial charge in [-0.25, -0.2) is 17.6 Å². The average Bonchev–Trinajstić information content (AvgIpc) is 2.87. The molecular formula is C24H30FNO6S2. The summed E-state index contributed by atoms with van der Waals surface area (Å²) in [4.78, 5) is 13.5. The molecule has 0 amide bonds. The molecule has 0 aliphatic carbocycles. The SMILES string of the molecule is CCCC[C@]1(C)CN(c2ccc(F)cc2)c2cc(SC)c(OC[C@H](O)C(=O)O)cc2S(=O)(=O)C1. The Morgan fingerprint density at radius 1 is 1.29 bits per heavy atom. The fourth-order valence-electron chi connectivity index (χ4n) is 4.16. The molecule has 1 aliphatic rings. The lowest BCUT2D eigenvalue weighted by Crippen LogP contribution is -2.35. The van der Waals surface area contributed by atoms with Crippen molar-refractivity contribution in [3.05, 3.63) is 42.2 Å². The number of hydrogen-bond acceptors (Lipinski definition) is 7. The zero-order chi connectivity index (χ0) is 25.1. The van der Waals surface area contributed by atoms with Gasteiger partial charge in [0.05, 0.1) is 21.2 Å². The van der Waals surface area contributed by atoms with E-state index in [2.05, 4.69) is 6.92 Å². The minimum absolute atomic E-state index is 0.0645. The summed E-state index contributed by atoms with van der Waals surface area (Å²) >= 11 is 1.31. The average molecular weight is 512 g/mol. The van der Waals surface area contributed by atoms with Gasteiger partial charge in [0, 0.05) is 18.3 Å². The highest BCUT2D eigenvalue weighted by Crippen LogP contribution is 2.46. The molecule has 2 N–H and O–H groups in total. The fraction of sp³-hybridized carbons (Fsp3) is 0.458. The van der Waals surface area contributed by atoms with Crippen LogP contribution in [0.1, 0.15) is 33.1 Å². The number of nitrogens with zero attached hydrogens (tertiary/aromatic N) is 1. The lowest BCUT2D eigenvalue weighted by atomic mass is 9.86. The number of thioether (sulfide) groups is 1. The second kappa shape index (κ2) is 10.5. The van der Waals surface area contributed by atoms with Crippen LogP contribution in [0, 0.1) is 11.2 Å². The summed E-state index contributed by atoms with van der Waals surface area (Å²) in [6.07, 6.45) is 2.56. The molecule has 0 fully saturated rings. The summed E-state index contributed by atoms with van der Waals surface area (Å²) in [5.74, 6) is -1.69. The van der Waals surface area contributed by atoms with Crippen LogP contribution in [-0.2, 0) is 14.6 Å². The summed E-state index contributed by atoms with van der Waals surface area (Å²) in [6.45, 7) is 3.92. The molecule has 0 aromatic heterocycles. The predicted octanol–water partition coefficient (Wildman–Crippen LogP) is 4.49. The Morgan fingerprint density at radius 2 is 1.97 bits per heavy atom. The summed E-state index contributed by atoms with van der Waals surface area (Å²) in [7, 11) is -3.75. The van der Waals surface area contributed by atoms with E-state index in [9.17, 15) is 22.7 Å². The van der Waals surface area contributed by atoms with Crippen LogP contribution in [0.15, 0.2) is 46.2 Å². The molecule has 10 heteroatoms. The van der Waals surface area contributed by atoms with Gasteiger partial charge in [-0.1, -0.05) is 26.7 Å². The number of aliphatic hydroxyl groups excluding tert-OH is 1. The predicted molar refractivity (Wildman–Crippen MR) is 130 cm³/mol. The first-order valence-electron chi connectivity index (χ1n) is 11.0. The molecule has 186 valence electrons. The zero-order valence-electron chi connectivity index (χ0n) is 19.5. The van der Waals surface area contributed by atoms with Crippen molar-refractivity contribution in [2.45, 2.75) is 49.0 Å². The number of rotatable bonds is 9. The lowest BCUT2D eigenvalue weighted by Gasteiger charge is -2.34. The number of benzene rings is 2. The Hall–Kier alpha value is -2.30. The molecule has 0 bridgehead atoms. The molecule has 2 aromatic rings. The molecule has 0 spiro atoms. The highest BCUT2D eigenvalue weighted by Gasteiger charge is 2.40. The number of ether oxygens (including phenoxy) is 1. The first-order valence-corrected chi connectivity index (χ1v) is 13.9. The molecular weight excluding hydrogens is 481 g/mol. The third-order valence-electron chi connectivity index (χ3n) is 5.90. The van der Waals surface area contributed by atoms with E-state index >= 15 is 0 Å². The molecule has 2 aromatic carbocycles. The molecule has 1 aliphatic heterocycles. The maximum Gasteiger partial charge on any atom is 0.336 e. The number of unbranched alkanes of at least 4 members (excludes halogenated alkanes) is 1. The van der Waals surface area contributed by atoms with E-state index in [0.717, 1.165) is 12.8 Å². The van der Waals surface area contributed by atoms with Crippen molar-refractivity contribution in [1.82, 2.24) is 0 Å². The third kappa shape index (κ3) is 5.84. The molecule has 0 saturated carbocycles. The van der Waals surface area contributed by atoms with Crippen molar-refractivity contribution in [2.24, 2.45) is 5.41 Å². The van der Waals surface area contributed by atoms with Gasteiger partial charge in [-0.15, -0.1) is 11.8 Å². The Morgan fingerprint density at radius 3 is 2.56 bits per heavy atom. The Bertz CT molecular complexity index is 1140. The number of carboxylic acid groups (broad SMARTS) is 1. The minimum atomic E-state index is -3.75. The minimum Gasteiger partial charge on any atom is -0.489 e. The molecule has 0 radical (unpaired) electrons. The molecule has 0 unspecified atom stereocenters. The maximum absolute atomic E-state index is 13.7. The number of anilines is 2. The van der Waals surface area contributed by atoms with Gasteiger partial charge in [0.1, 0.15) is 18.2 Å². The topological polar surface area (TPSA) is 104 Å². The van der Waals surface area contributed by atoms with E-state index in [-0.39, 0.29) is 22.2 Å². The van der Waals surface area contributed by atoms with E-state index in [4.69, 9.17) is 9.84 Å². The van der Waals surface area contributed by atoms with Gasteiger partial charge in [-0.3, -0.25) is 0 Å². The number of aliphatic hydroxyl groups is 1. The van der Waals surface area contributed by atoms with Gasteiger partial charge in [-0.05, 0) is 48.4 Å². The quantitative estimate of drug-likeness (QED) is 0.475. The van der Waals surface area contributed by atoms with Crippen LogP contribution in [0.4, 0.5) is 15.8 Å². The Kier molecular flexibility index (Phi) is 8.15. The van der Waals surface area contributed by atoms with Crippen LogP contribution in [-0.4, -0.2) is 55.9 Å². The van der Waals surface area contributed by atoms with E-state index in [1.165, 1.54) is 30.0 Å². The van der Waals surface area contributed by atoms with E-state index < -0.39 is 33.9 Å². The molecule has 34 heavy (non-hydrogen) atoms. The first-order chi connectivity index (χ1) is 16.0. The van der Waals surface area contributed by atoms with Gasteiger partial charge in [0.15, 0.2) is 15.9 Å². The zero-order valence-corrected chi connectivity index (χ0v) is 21.1. The highest BCUT2D eigenvalue weighted by molar-refractivity contribution is 7.98. The van der Waals surface area contributed by atoms with Gasteiger partial charge in [-0.2, -0.15) is 0 Å². The van der Waals surface area contributed by atoms with Crippen molar-refractivity contribution in [1.29, 1.82) is 0 Å². The molecule has 2 atom stereocenters. The normalized spacial score (nSPS) is 20.3. The monoisotopic (exact) mass is 511 g/mol. The Balaban J connectivity index is 2.17. The number of halogens is 1. The number of hydrogen-bond donors (Lipinski definition) is 2. The fourth-order valence-corrected chi connectivity index (χ4v) is 6.79. The van der Waals surface area contributed by atoms with Crippen molar-refractivity contribution in [3.8, 4) is 5.75 Å². The van der Waals surface area contributed by atoms with Gasteiger partial charge in [0.25, 0.3) is 0 Å². The van der Waals surface area contributed by atoms with Crippen LogP contribution >= 0.6 is 11.8 Å². The second-order valence-electron chi connectivity index (χ2n) is 8.87. The summed E-state index contributed by atoms with van der Waals surface area (Å²) < 4.78 is 46.4. The smallest absolute Gasteiger partial charge is 0.336 e. The highest BCUT2D eigenvalue weighted by atomic mass is 32.2. The van der Waals surface area contributed by atoms with Gasteiger partial charge in [0.2, 0.25) is 0 Å². The van der Waals surface area contributed by atoms with Crippen molar-refractivity contribution in [2.75, 3.05) is 30.1 Å². The lowest BCUT2D eigenvalue weighted by molar-refractivity contribution is -0.148. The van der Waals surface area contributed by atoms with E-state index in [1.54, 1.807) is 24.5 Å².